The molecule has 2 heteroatoms. The molecule has 0 saturated carbocycles. The van der Waals surface area contributed by atoms with Crippen LogP contribution in [0.25, 0.3) is 0 Å². The molecule has 1 fully saturated rings. The first-order valence-electron chi connectivity index (χ1n) is 7.99. The summed E-state index contributed by atoms with van der Waals surface area (Å²) in [6.07, 6.45) is 6.96. The van der Waals surface area contributed by atoms with E-state index in [1.165, 1.54) is 17.7 Å². The molecule has 1 aromatic rings. The average molecular weight is 299 g/mol. The number of halogens is 1. The summed E-state index contributed by atoms with van der Waals surface area (Å²) in [4.78, 5) is 2.49. The summed E-state index contributed by atoms with van der Waals surface area (Å²) in [7, 11) is 0. The lowest BCUT2D eigenvalue weighted by Crippen LogP contribution is -2.38. The minimum absolute atomic E-state index is 0.0811. The van der Waals surface area contributed by atoms with Crippen molar-refractivity contribution >= 4 is 0 Å². The summed E-state index contributed by atoms with van der Waals surface area (Å²) < 4.78 is 13.2. The minimum atomic E-state index is -0.203. The minimum Gasteiger partial charge on any atom is -0.299 e. The fraction of sp³-hybridized carbons (Fsp3) is 0.400. The summed E-state index contributed by atoms with van der Waals surface area (Å²) in [5.41, 5.74) is 2.47. The van der Waals surface area contributed by atoms with Gasteiger partial charge in [0.25, 0.3) is 0 Å². The van der Waals surface area contributed by atoms with Crippen LogP contribution in [0.3, 0.4) is 0 Å². The first-order chi connectivity index (χ1) is 10.5. The number of likely N-dealkylation sites (tertiary alicyclic amines) is 1. The molecule has 0 N–H and O–H groups in total. The predicted molar refractivity (Wildman–Crippen MR) is 92.2 cm³/mol. The van der Waals surface area contributed by atoms with Crippen molar-refractivity contribution in [2.45, 2.75) is 33.2 Å². The summed E-state index contributed by atoms with van der Waals surface area (Å²) >= 11 is 0. The Morgan fingerprint density at radius 1 is 1.23 bits per heavy atom. The van der Waals surface area contributed by atoms with Crippen LogP contribution in [-0.2, 0) is 6.54 Å². The maximum atomic E-state index is 13.2. The number of hydrogen-bond donors (Lipinski definition) is 0. The second-order valence-corrected chi connectivity index (χ2v) is 6.35. The van der Waals surface area contributed by atoms with Gasteiger partial charge in [-0.3, -0.25) is 4.90 Å². The Kier molecular flexibility index (Phi) is 5.73. The zero-order chi connectivity index (χ0) is 16.0. The number of piperidine rings is 1. The van der Waals surface area contributed by atoms with Crippen LogP contribution in [0.2, 0.25) is 0 Å². The highest BCUT2D eigenvalue weighted by Gasteiger charge is 2.31. The normalized spacial score (nSPS) is 19.5. The molecule has 1 aliphatic rings. The molecular weight excluding hydrogens is 273 g/mol. The molecule has 0 bridgehead atoms. The van der Waals surface area contributed by atoms with Gasteiger partial charge in [-0.25, -0.2) is 4.39 Å². The Morgan fingerprint density at radius 2 is 1.86 bits per heavy atom. The van der Waals surface area contributed by atoms with Gasteiger partial charge in [-0.1, -0.05) is 56.0 Å². The Balaban J connectivity index is 1.90. The van der Waals surface area contributed by atoms with E-state index in [1.54, 1.807) is 6.92 Å². The van der Waals surface area contributed by atoms with Crippen LogP contribution in [0.4, 0.5) is 4.39 Å². The van der Waals surface area contributed by atoms with E-state index in [1.807, 2.05) is 6.08 Å². The van der Waals surface area contributed by atoms with Crippen molar-refractivity contribution in [3.8, 4) is 0 Å². The van der Waals surface area contributed by atoms with Gasteiger partial charge in [0.1, 0.15) is 5.83 Å². The first kappa shape index (κ1) is 16.7. The molecule has 1 nitrogen and oxygen atoms in total. The van der Waals surface area contributed by atoms with Crippen molar-refractivity contribution in [3.63, 3.8) is 0 Å². The molecule has 0 atom stereocenters. The Morgan fingerprint density at radius 3 is 2.45 bits per heavy atom. The second-order valence-electron chi connectivity index (χ2n) is 6.35. The third-order valence-corrected chi connectivity index (χ3v) is 4.70. The van der Waals surface area contributed by atoms with Crippen molar-refractivity contribution in [1.29, 1.82) is 0 Å². The Bertz CT molecular complexity index is 548. The van der Waals surface area contributed by atoms with E-state index in [9.17, 15) is 4.39 Å². The van der Waals surface area contributed by atoms with Crippen molar-refractivity contribution in [1.82, 2.24) is 4.90 Å². The van der Waals surface area contributed by atoms with Gasteiger partial charge in [-0.2, -0.15) is 0 Å². The van der Waals surface area contributed by atoms with Gasteiger partial charge < -0.3 is 0 Å². The van der Waals surface area contributed by atoms with E-state index in [0.717, 1.165) is 38.0 Å². The van der Waals surface area contributed by atoms with E-state index in [0.29, 0.717) is 0 Å². The largest absolute Gasteiger partial charge is 0.299 e. The van der Waals surface area contributed by atoms with Crippen LogP contribution in [-0.4, -0.2) is 18.0 Å². The van der Waals surface area contributed by atoms with Gasteiger partial charge in [-0.15, -0.1) is 0 Å². The van der Waals surface area contributed by atoms with Gasteiger partial charge >= 0.3 is 0 Å². The van der Waals surface area contributed by atoms with Crippen molar-refractivity contribution in [3.05, 3.63) is 72.1 Å². The Labute approximate surface area is 133 Å². The number of hydrogen-bond acceptors (Lipinski definition) is 1. The fourth-order valence-electron chi connectivity index (χ4n) is 2.85. The fourth-order valence-corrected chi connectivity index (χ4v) is 2.85. The molecule has 22 heavy (non-hydrogen) atoms. The number of nitrogens with zero attached hydrogens (tertiary/aromatic N) is 1. The molecule has 1 aromatic carbocycles. The van der Waals surface area contributed by atoms with Gasteiger partial charge in [0.15, 0.2) is 0 Å². The third kappa shape index (κ3) is 4.41. The molecule has 0 spiro atoms. The Hall–Kier alpha value is -1.67. The van der Waals surface area contributed by atoms with Crippen LogP contribution in [0.1, 0.15) is 32.3 Å². The highest BCUT2D eigenvalue weighted by atomic mass is 19.1. The van der Waals surface area contributed by atoms with E-state index in [-0.39, 0.29) is 11.2 Å². The van der Waals surface area contributed by atoms with Crippen molar-refractivity contribution in [2.75, 3.05) is 13.1 Å². The second kappa shape index (κ2) is 7.55. The molecule has 1 aliphatic heterocycles. The molecule has 2 rings (SSSR count). The van der Waals surface area contributed by atoms with Gasteiger partial charge in [0.05, 0.1) is 0 Å². The lowest BCUT2D eigenvalue weighted by molar-refractivity contribution is 0.141. The lowest BCUT2D eigenvalue weighted by atomic mass is 9.74. The summed E-state index contributed by atoms with van der Waals surface area (Å²) in [5, 5.41) is 0. The standard InChI is InChI=1S/C20H26FN/c1-4-19(21)11-10-17(2)20(3)12-14-22(15-13-20)16-18-8-6-5-7-9-18/h4-11H,2,12-16H2,1,3H3/b11-10-,19-4+. The number of benzene rings is 1. The first-order valence-corrected chi connectivity index (χ1v) is 7.99. The third-order valence-electron chi connectivity index (χ3n) is 4.70. The van der Waals surface area contributed by atoms with E-state index >= 15 is 0 Å². The van der Waals surface area contributed by atoms with Crippen molar-refractivity contribution < 1.29 is 4.39 Å². The molecule has 1 heterocycles. The van der Waals surface area contributed by atoms with Crippen molar-refractivity contribution in [2.24, 2.45) is 5.41 Å². The van der Waals surface area contributed by atoms with E-state index < -0.39 is 0 Å². The number of allylic oxidation sites excluding steroid dienone is 5. The maximum Gasteiger partial charge on any atom is 0.118 e. The summed E-state index contributed by atoms with van der Waals surface area (Å²) in [6.45, 7) is 11.2. The van der Waals surface area contributed by atoms with E-state index in [4.69, 9.17) is 0 Å². The van der Waals surface area contributed by atoms with Crippen LogP contribution in [0.15, 0.2) is 66.5 Å². The molecular formula is C20H26FN. The highest BCUT2D eigenvalue weighted by molar-refractivity contribution is 5.28. The monoisotopic (exact) mass is 299 g/mol. The average Bonchev–Trinajstić information content (AvgIpc) is 2.55. The zero-order valence-corrected chi connectivity index (χ0v) is 13.7. The lowest BCUT2D eigenvalue weighted by Gasteiger charge is -2.40. The molecule has 0 aromatic heterocycles. The molecule has 0 unspecified atom stereocenters. The molecule has 0 amide bonds. The smallest absolute Gasteiger partial charge is 0.118 e. The van der Waals surface area contributed by atoms with Crippen LogP contribution >= 0.6 is 0 Å². The quantitative estimate of drug-likeness (QED) is 0.669. The summed E-state index contributed by atoms with van der Waals surface area (Å²) in [5.74, 6) is -0.203. The van der Waals surface area contributed by atoms with Crippen LogP contribution in [0.5, 0.6) is 0 Å². The molecule has 0 aliphatic carbocycles. The van der Waals surface area contributed by atoms with Gasteiger partial charge in [-0.05, 0) is 55.5 Å². The van der Waals surface area contributed by atoms with Gasteiger partial charge in [0, 0.05) is 6.54 Å². The number of rotatable bonds is 5. The molecule has 1 saturated heterocycles. The van der Waals surface area contributed by atoms with Crippen LogP contribution in [0, 0.1) is 5.41 Å². The van der Waals surface area contributed by atoms with E-state index in [2.05, 4.69) is 48.7 Å². The molecule has 118 valence electrons. The molecule has 0 radical (unpaired) electrons. The topological polar surface area (TPSA) is 3.24 Å². The SMILES string of the molecule is C=C(/C=C\C(F)=C/C)C1(C)CCN(Cc2ccccc2)CC1. The zero-order valence-electron chi connectivity index (χ0n) is 13.7. The summed E-state index contributed by atoms with van der Waals surface area (Å²) in [6, 6.07) is 10.6. The predicted octanol–water partition coefficient (Wildman–Crippen LogP) is 5.27. The maximum absolute atomic E-state index is 13.2. The van der Waals surface area contributed by atoms with Crippen LogP contribution < -0.4 is 0 Å². The van der Waals surface area contributed by atoms with Gasteiger partial charge in [0.2, 0.25) is 0 Å². The highest BCUT2D eigenvalue weighted by Crippen LogP contribution is 2.38.